The van der Waals surface area contributed by atoms with Crippen LogP contribution in [0.4, 0.5) is 0 Å². The van der Waals surface area contributed by atoms with Gasteiger partial charge >= 0.3 is 5.97 Å². The van der Waals surface area contributed by atoms with Gasteiger partial charge in [0, 0.05) is 31.7 Å². The lowest BCUT2D eigenvalue weighted by molar-refractivity contribution is -0.146. The zero-order valence-corrected chi connectivity index (χ0v) is 14.0. The van der Waals surface area contributed by atoms with Crippen molar-refractivity contribution in [1.29, 1.82) is 0 Å². The van der Waals surface area contributed by atoms with Gasteiger partial charge in [-0.2, -0.15) is 4.31 Å². The predicted octanol–water partition coefficient (Wildman–Crippen LogP) is 1.84. The van der Waals surface area contributed by atoms with E-state index < -0.39 is 27.3 Å². The lowest BCUT2D eigenvalue weighted by Crippen LogP contribution is -2.40. The van der Waals surface area contributed by atoms with Gasteiger partial charge in [-0.25, -0.2) is 8.42 Å². The Morgan fingerprint density at radius 1 is 1.30 bits per heavy atom. The van der Waals surface area contributed by atoms with Crippen molar-refractivity contribution in [2.45, 2.75) is 17.7 Å². The fourth-order valence-electron chi connectivity index (χ4n) is 3.52. The van der Waals surface area contributed by atoms with Gasteiger partial charge in [0.1, 0.15) is 4.90 Å². The van der Waals surface area contributed by atoms with Crippen LogP contribution in [0.3, 0.4) is 0 Å². The minimum atomic E-state index is -3.81. The number of benzene rings is 1. The summed E-state index contributed by atoms with van der Waals surface area (Å²) in [6.45, 7) is 1.09. The fourth-order valence-corrected chi connectivity index (χ4v) is 5.57. The third-order valence-corrected chi connectivity index (χ3v) is 7.17. The molecule has 0 aliphatic carbocycles. The first-order valence-corrected chi connectivity index (χ1v) is 9.24. The lowest BCUT2D eigenvalue weighted by Gasteiger charge is -2.36. The third-order valence-electron chi connectivity index (χ3n) is 4.86. The summed E-state index contributed by atoms with van der Waals surface area (Å²) >= 11 is 6.02. The average molecular weight is 360 g/mol. The first-order valence-electron chi connectivity index (χ1n) is 7.42. The quantitative estimate of drug-likeness (QED) is 0.890. The summed E-state index contributed by atoms with van der Waals surface area (Å²) in [6.07, 6.45) is 1.11. The van der Waals surface area contributed by atoms with E-state index in [1.807, 2.05) is 0 Å². The Bertz CT molecular complexity index is 714. The van der Waals surface area contributed by atoms with Gasteiger partial charge in [-0.1, -0.05) is 23.7 Å². The molecule has 23 heavy (non-hydrogen) atoms. The van der Waals surface area contributed by atoms with Crippen LogP contribution in [-0.2, 0) is 19.6 Å². The first kappa shape index (κ1) is 16.7. The van der Waals surface area contributed by atoms with E-state index in [4.69, 9.17) is 16.3 Å². The van der Waals surface area contributed by atoms with Gasteiger partial charge in [-0.3, -0.25) is 4.79 Å². The molecule has 8 heteroatoms. The zero-order valence-electron chi connectivity index (χ0n) is 12.4. The number of carbonyl (C=O) groups is 1. The summed E-state index contributed by atoms with van der Waals surface area (Å²) in [5.41, 5.74) is -0.557. The molecule has 2 heterocycles. The maximum atomic E-state index is 12.9. The van der Waals surface area contributed by atoms with E-state index in [9.17, 15) is 18.3 Å². The molecule has 6 nitrogen and oxygen atoms in total. The number of ether oxygens (including phenoxy) is 1. The Labute approximate surface area is 140 Å². The van der Waals surface area contributed by atoms with E-state index in [0.29, 0.717) is 26.1 Å². The molecule has 2 aliphatic heterocycles. The van der Waals surface area contributed by atoms with Gasteiger partial charge < -0.3 is 9.84 Å². The maximum Gasteiger partial charge on any atom is 0.308 e. The molecule has 1 spiro atoms. The van der Waals surface area contributed by atoms with Crippen LogP contribution in [0.5, 0.6) is 0 Å². The van der Waals surface area contributed by atoms with E-state index in [0.717, 1.165) is 0 Å². The van der Waals surface area contributed by atoms with E-state index in [1.165, 1.54) is 16.4 Å². The van der Waals surface area contributed by atoms with E-state index in [2.05, 4.69) is 0 Å². The number of hydrogen-bond donors (Lipinski definition) is 1. The number of rotatable bonds is 3. The van der Waals surface area contributed by atoms with Crippen molar-refractivity contribution in [3.63, 3.8) is 0 Å². The van der Waals surface area contributed by atoms with Gasteiger partial charge in [-0.15, -0.1) is 0 Å². The van der Waals surface area contributed by atoms with Crippen molar-refractivity contribution in [3.05, 3.63) is 29.3 Å². The fraction of sp³-hybridized carbons (Fsp3) is 0.533. The number of nitrogens with zero attached hydrogens (tertiary/aromatic N) is 1. The molecule has 0 amide bonds. The minimum absolute atomic E-state index is 0.0231. The van der Waals surface area contributed by atoms with Crippen LogP contribution >= 0.6 is 11.6 Å². The van der Waals surface area contributed by atoms with Crippen LogP contribution in [-0.4, -0.2) is 50.1 Å². The number of sulfonamides is 1. The summed E-state index contributed by atoms with van der Waals surface area (Å²) in [5, 5.41) is 9.70. The molecule has 0 saturated carbocycles. The highest BCUT2D eigenvalue weighted by atomic mass is 35.5. The highest BCUT2D eigenvalue weighted by Gasteiger charge is 2.53. The third kappa shape index (κ3) is 2.87. The largest absolute Gasteiger partial charge is 0.481 e. The van der Waals surface area contributed by atoms with Crippen molar-refractivity contribution in [3.8, 4) is 0 Å². The second kappa shape index (κ2) is 6.05. The number of carboxylic acids is 1. The van der Waals surface area contributed by atoms with E-state index in [1.54, 1.807) is 12.1 Å². The standard InChI is InChI=1S/C15H18ClNO5S/c16-12-3-1-2-4-13(12)23(20,21)17-9-11(14(18)19)15(10-17)5-7-22-8-6-15/h1-4,11H,5-10H2,(H,18,19). The molecule has 0 aromatic heterocycles. The van der Waals surface area contributed by atoms with Crippen LogP contribution in [0, 0.1) is 11.3 Å². The summed E-state index contributed by atoms with van der Waals surface area (Å²) in [7, 11) is -3.81. The lowest BCUT2D eigenvalue weighted by atomic mass is 9.72. The molecule has 3 rings (SSSR count). The average Bonchev–Trinajstić information content (AvgIpc) is 2.88. The highest BCUT2D eigenvalue weighted by molar-refractivity contribution is 7.89. The Hall–Kier alpha value is -1.15. The SMILES string of the molecule is O=C(O)C1CN(S(=O)(=O)c2ccccc2Cl)CC12CCOCC2. The highest BCUT2D eigenvalue weighted by Crippen LogP contribution is 2.46. The molecular weight excluding hydrogens is 342 g/mol. The van der Waals surface area contributed by atoms with Gasteiger partial charge in [0.25, 0.3) is 0 Å². The summed E-state index contributed by atoms with van der Waals surface area (Å²) in [5.74, 6) is -1.67. The molecule has 1 atom stereocenters. The molecule has 1 aromatic rings. The Balaban J connectivity index is 1.96. The molecule has 2 saturated heterocycles. The monoisotopic (exact) mass is 359 g/mol. The predicted molar refractivity (Wildman–Crippen MR) is 83.8 cm³/mol. The smallest absolute Gasteiger partial charge is 0.308 e. The first-order chi connectivity index (χ1) is 10.9. The summed E-state index contributed by atoms with van der Waals surface area (Å²) in [4.78, 5) is 11.7. The Morgan fingerprint density at radius 2 is 1.96 bits per heavy atom. The molecule has 1 unspecified atom stereocenters. The van der Waals surface area contributed by atoms with Crippen LogP contribution in [0.1, 0.15) is 12.8 Å². The van der Waals surface area contributed by atoms with E-state index in [-0.39, 0.29) is 23.0 Å². The van der Waals surface area contributed by atoms with E-state index >= 15 is 0 Å². The van der Waals surface area contributed by atoms with Gasteiger partial charge in [-0.05, 0) is 25.0 Å². The molecule has 1 aromatic carbocycles. The molecule has 2 aliphatic rings. The van der Waals surface area contributed by atoms with Crippen molar-refractivity contribution in [2.75, 3.05) is 26.3 Å². The molecule has 2 fully saturated rings. The second-order valence-corrected chi connectivity index (χ2v) is 8.41. The number of carboxylic acid groups (broad SMARTS) is 1. The van der Waals surface area contributed by atoms with Gasteiger partial charge in [0.05, 0.1) is 10.9 Å². The van der Waals surface area contributed by atoms with Crippen molar-refractivity contribution < 1.29 is 23.1 Å². The van der Waals surface area contributed by atoms with Crippen molar-refractivity contribution >= 4 is 27.6 Å². The molecule has 1 N–H and O–H groups in total. The van der Waals surface area contributed by atoms with Gasteiger partial charge in [0.2, 0.25) is 10.0 Å². The van der Waals surface area contributed by atoms with Crippen LogP contribution in [0.25, 0.3) is 0 Å². The topological polar surface area (TPSA) is 83.9 Å². The Morgan fingerprint density at radius 3 is 2.57 bits per heavy atom. The van der Waals surface area contributed by atoms with Gasteiger partial charge in [0.15, 0.2) is 0 Å². The molecule has 126 valence electrons. The van der Waals surface area contributed by atoms with Crippen molar-refractivity contribution in [1.82, 2.24) is 4.31 Å². The molecule has 0 bridgehead atoms. The minimum Gasteiger partial charge on any atom is -0.481 e. The van der Waals surface area contributed by atoms with Crippen LogP contribution in [0.2, 0.25) is 5.02 Å². The maximum absolute atomic E-state index is 12.9. The van der Waals surface area contributed by atoms with Crippen LogP contribution in [0.15, 0.2) is 29.2 Å². The number of hydrogen-bond acceptors (Lipinski definition) is 4. The molecular formula is C15H18ClNO5S. The second-order valence-electron chi connectivity index (χ2n) is 6.09. The van der Waals surface area contributed by atoms with Crippen LogP contribution < -0.4 is 0 Å². The molecule has 0 radical (unpaired) electrons. The summed E-state index contributed by atoms with van der Waals surface area (Å²) in [6, 6.07) is 6.23. The number of halogens is 1. The summed E-state index contributed by atoms with van der Waals surface area (Å²) < 4.78 is 32.3. The Kier molecular flexibility index (Phi) is 4.39. The van der Waals surface area contributed by atoms with Crippen molar-refractivity contribution in [2.24, 2.45) is 11.3 Å². The zero-order chi connectivity index (χ0) is 16.7. The normalized spacial score (nSPS) is 24.8. The number of aliphatic carboxylic acids is 1.